The number of nitrogens with one attached hydrogen (secondary N) is 1. The van der Waals surface area contributed by atoms with Gasteiger partial charge in [0.25, 0.3) is 5.91 Å². The van der Waals surface area contributed by atoms with Crippen LogP contribution in [0.4, 0.5) is 10.1 Å². The third kappa shape index (κ3) is 5.30. The SMILES string of the molecule is CN1CCN(C(=O)c2ccc(NCn3cc4c(n3)-c3ccc(Cl)cc3C(c3cccc(F)c3)=NC4)cc2)CC1. The summed E-state index contributed by atoms with van der Waals surface area (Å²) < 4.78 is 15.8. The molecule has 0 radical (unpaired) electrons. The number of fused-ring (bicyclic) bond motifs is 3. The highest BCUT2D eigenvalue weighted by Gasteiger charge is 2.23. The second kappa shape index (κ2) is 10.6. The minimum absolute atomic E-state index is 0.0717. The molecule has 9 heteroatoms. The van der Waals surface area contributed by atoms with Gasteiger partial charge >= 0.3 is 0 Å². The number of amides is 1. The van der Waals surface area contributed by atoms with Gasteiger partial charge < -0.3 is 15.1 Å². The molecule has 198 valence electrons. The smallest absolute Gasteiger partial charge is 0.253 e. The van der Waals surface area contributed by atoms with Crippen molar-refractivity contribution < 1.29 is 9.18 Å². The number of halogens is 2. The molecular weight excluding hydrogens is 515 g/mol. The summed E-state index contributed by atoms with van der Waals surface area (Å²) in [6.45, 7) is 4.16. The number of rotatable bonds is 5. The Labute approximate surface area is 231 Å². The molecule has 2 aliphatic rings. The topological polar surface area (TPSA) is 65.8 Å². The average Bonchev–Trinajstić information content (AvgIpc) is 3.29. The van der Waals surface area contributed by atoms with Gasteiger partial charge in [-0.3, -0.25) is 14.5 Å². The molecule has 4 aromatic rings. The standard InChI is InChI=1S/C30H28ClFN6O/c1-36-11-13-37(14-12-36)30(39)20-5-8-25(9-6-20)34-19-38-18-22-17-33-28(21-3-2-4-24(32)15-21)27-16-23(31)7-10-26(27)29(22)35-38/h2-10,15-16,18,34H,11-14,17,19H2,1H3. The Morgan fingerprint density at radius 2 is 1.79 bits per heavy atom. The molecule has 39 heavy (non-hydrogen) atoms. The zero-order chi connectivity index (χ0) is 26.9. The van der Waals surface area contributed by atoms with Gasteiger partial charge in [0.15, 0.2) is 0 Å². The number of hydrogen-bond donors (Lipinski definition) is 1. The zero-order valence-electron chi connectivity index (χ0n) is 21.6. The Morgan fingerprint density at radius 3 is 2.56 bits per heavy atom. The van der Waals surface area contributed by atoms with Crippen molar-refractivity contribution >= 4 is 28.9 Å². The lowest BCUT2D eigenvalue weighted by Crippen LogP contribution is -2.47. The summed E-state index contributed by atoms with van der Waals surface area (Å²) in [5.41, 5.74) is 6.51. The van der Waals surface area contributed by atoms with Crippen LogP contribution in [-0.4, -0.2) is 64.4 Å². The first-order valence-corrected chi connectivity index (χ1v) is 13.3. The summed E-state index contributed by atoms with van der Waals surface area (Å²) in [7, 11) is 2.08. The van der Waals surface area contributed by atoms with E-state index in [1.165, 1.54) is 12.1 Å². The van der Waals surface area contributed by atoms with E-state index >= 15 is 0 Å². The van der Waals surface area contributed by atoms with Crippen LogP contribution in [0.5, 0.6) is 0 Å². The maximum absolute atomic E-state index is 14.0. The fourth-order valence-corrected chi connectivity index (χ4v) is 5.20. The molecule has 6 rings (SSSR count). The number of carbonyl (C=O) groups excluding carboxylic acids is 1. The van der Waals surface area contributed by atoms with Crippen molar-refractivity contribution in [3.8, 4) is 11.3 Å². The number of anilines is 1. The molecule has 3 heterocycles. The second-order valence-electron chi connectivity index (χ2n) is 9.92. The molecule has 0 aliphatic carbocycles. The molecule has 7 nitrogen and oxygen atoms in total. The van der Waals surface area contributed by atoms with Crippen molar-refractivity contribution in [1.29, 1.82) is 0 Å². The van der Waals surface area contributed by atoms with Gasteiger partial charge in [0.1, 0.15) is 12.5 Å². The van der Waals surface area contributed by atoms with Crippen molar-refractivity contribution in [2.24, 2.45) is 4.99 Å². The third-order valence-corrected chi connectivity index (χ3v) is 7.44. The molecule has 0 atom stereocenters. The van der Waals surface area contributed by atoms with Crippen LogP contribution in [0.1, 0.15) is 27.0 Å². The van der Waals surface area contributed by atoms with E-state index in [1.807, 2.05) is 64.3 Å². The van der Waals surface area contributed by atoms with Crippen molar-refractivity contribution in [1.82, 2.24) is 19.6 Å². The van der Waals surface area contributed by atoms with E-state index < -0.39 is 0 Å². The Morgan fingerprint density at radius 1 is 1.00 bits per heavy atom. The van der Waals surface area contributed by atoms with Gasteiger partial charge in [-0.05, 0) is 55.6 Å². The molecule has 3 aromatic carbocycles. The largest absolute Gasteiger partial charge is 0.366 e. The van der Waals surface area contributed by atoms with E-state index in [2.05, 4.69) is 17.3 Å². The van der Waals surface area contributed by atoms with Crippen LogP contribution in [0, 0.1) is 5.82 Å². The monoisotopic (exact) mass is 542 g/mol. The normalized spacial score (nSPS) is 15.3. The minimum Gasteiger partial charge on any atom is -0.366 e. The fourth-order valence-electron chi connectivity index (χ4n) is 5.03. The van der Waals surface area contributed by atoms with Crippen LogP contribution in [0.2, 0.25) is 5.02 Å². The van der Waals surface area contributed by atoms with Crippen LogP contribution < -0.4 is 5.32 Å². The quantitative estimate of drug-likeness (QED) is 0.379. The number of benzene rings is 3. The molecule has 1 aromatic heterocycles. The van der Waals surface area contributed by atoms with E-state index in [9.17, 15) is 9.18 Å². The van der Waals surface area contributed by atoms with Gasteiger partial charge in [-0.15, -0.1) is 0 Å². The molecule has 0 spiro atoms. The maximum Gasteiger partial charge on any atom is 0.253 e. The minimum atomic E-state index is -0.311. The maximum atomic E-state index is 14.0. The van der Waals surface area contributed by atoms with Crippen LogP contribution in [0.25, 0.3) is 11.3 Å². The van der Waals surface area contributed by atoms with E-state index in [4.69, 9.17) is 21.7 Å². The molecule has 0 saturated carbocycles. The van der Waals surface area contributed by atoms with Crippen molar-refractivity contribution in [3.05, 3.63) is 106 Å². The van der Waals surface area contributed by atoms with Gasteiger partial charge in [-0.1, -0.05) is 29.8 Å². The molecule has 0 bridgehead atoms. The number of nitrogens with zero attached hydrogens (tertiary/aromatic N) is 5. The Bertz CT molecular complexity index is 1560. The number of aliphatic imine (C=N–C) groups is 1. The van der Waals surface area contributed by atoms with Crippen molar-refractivity contribution in [2.45, 2.75) is 13.2 Å². The van der Waals surface area contributed by atoms with E-state index in [0.717, 1.165) is 54.3 Å². The third-order valence-electron chi connectivity index (χ3n) is 7.20. The van der Waals surface area contributed by atoms with Gasteiger partial charge in [-0.2, -0.15) is 5.10 Å². The predicted octanol–water partition coefficient (Wildman–Crippen LogP) is 5.15. The summed E-state index contributed by atoms with van der Waals surface area (Å²) in [6.07, 6.45) is 1.98. The van der Waals surface area contributed by atoms with Crippen molar-refractivity contribution in [2.75, 3.05) is 38.5 Å². The molecule has 1 fully saturated rings. The predicted molar refractivity (Wildman–Crippen MR) is 152 cm³/mol. The summed E-state index contributed by atoms with van der Waals surface area (Å²) in [5, 5.41) is 8.82. The van der Waals surface area contributed by atoms with Gasteiger partial charge in [-0.25, -0.2) is 4.39 Å². The summed E-state index contributed by atoms with van der Waals surface area (Å²) >= 11 is 6.35. The molecular formula is C30H28ClFN6O. The molecule has 1 amide bonds. The van der Waals surface area contributed by atoms with Gasteiger partial charge in [0, 0.05) is 70.9 Å². The highest BCUT2D eigenvalue weighted by molar-refractivity contribution is 6.31. The fraction of sp³-hybridized carbons (Fsp3) is 0.233. The molecule has 1 saturated heterocycles. The summed E-state index contributed by atoms with van der Waals surface area (Å²) in [6, 6.07) is 19.7. The molecule has 2 aliphatic heterocycles. The number of likely N-dealkylation sites (N-methyl/N-ethyl adjacent to an activating group) is 1. The lowest BCUT2D eigenvalue weighted by atomic mass is 9.95. The average molecular weight is 543 g/mol. The second-order valence-corrected chi connectivity index (χ2v) is 10.4. The van der Waals surface area contributed by atoms with Crippen molar-refractivity contribution in [3.63, 3.8) is 0 Å². The number of aromatic nitrogens is 2. The van der Waals surface area contributed by atoms with Crippen LogP contribution in [0.3, 0.4) is 0 Å². The lowest BCUT2D eigenvalue weighted by Gasteiger charge is -2.32. The highest BCUT2D eigenvalue weighted by atomic mass is 35.5. The Balaban J connectivity index is 1.19. The molecule has 1 N–H and O–H groups in total. The first-order chi connectivity index (χ1) is 18.9. The summed E-state index contributed by atoms with van der Waals surface area (Å²) in [4.78, 5) is 21.8. The van der Waals surface area contributed by atoms with E-state index in [1.54, 1.807) is 6.07 Å². The Hall–Kier alpha value is -4.01. The van der Waals surface area contributed by atoms with E-state index in [0.29, 0.717) is 35.1 Å². The van der Waals surface area contributed by atoms with Gasteiger partial charge in [0.2, 0.25) is 0 Å². The first kappa shape index (κ1) is 25.3. The van der Waals surface area contributed by atoms with Crippen LogP contribution in [-0.2, 0) is 13.2 Å². The van der Waals surface area contributed by atoms with Crippen LogP contribution in [0.15, 0.2) is 77.9 Å². The zero-order valence-corrected chi connectivity index (χ0v) is 22.3. The number of hydrogen-bond acceptors (Lipinski definition) is 5. The number of carbonyl (C=O) groups is 1. The first-order valence-electron chi connectivity index (χ1n) is 12.9. The lowest BCUT2D eigenvalue weighted by molar-refractivity contribution is 0.0664. The van der Waals surface area contributed by atoms with E-state index in [-0.39, 0.29) is 11.7 Å². The number of piperazine rings is 1. The summed E-state index contributed by atoms with van der Waals surface area (Å²) in [5.74, 6) is -0.240. The van der Waals surface area contributed by atoms with Gasteiger partial charge in [0.05, 0.1) is 18.0 Å². The highest BCUT2D eigenvalue weighted by Crippen LogP contribution is 2.33. The van der Waals surface area contributed by atoms with Crippen LogP contribution >= 0.6 is 11.6 Å². The Kier molecular flexibility index (Phi) is 6.89. The molecule has 0 unspecified atom stereocenters.